The standard InChI is InChI=1S/C6H11S/c1-3-6(4-2)5-7/h1,3-5H2,2H3/q+1/p+1. The van der Waals surface area contributed by atoms with Gasteiger partial charge in [-0.3, -0.25) is 0 Å². The molecule has 1 heteroatoms. The molecule has 0 aromatic rings. The molecule has 0 atom stereocenters. The Morgan fingerprint density at radius 3 is 2.29 bits per heavy atom. The van der Waals surface area contributed by atoms with E-state index in [1.165, 1.54) is 5.92 Å². The van der Waals surface area contributed by atoms with E-state index in [2.05, 4.69) is 26.5 Å². The molecule has 0 nitrogen and oxygen atoms in total. The third kappa shape index (κ3) is 2.75. The summed E-state index contributed by atoms with van der Waals surface area (Å²) in [4.78, 5) is 0. The fourth-order valence-corrected chi connectivity index (χ4v) is 0.749. The highest BCUT2D eigenvalue weighted by Crippen LogP contribution is 2.10. The molecule has 0 aromatic carbocycles. The first kappa shape index (κ1) is 7.09. The van der Waals surface area contributed by atoms with Crippen molar-refractivity contribution in [1.82, 2.24) is 0 Å². The van der Waals surface area contributed by atoms with Crippen molar-refractivity contribution < 1.29 is 0 Å². The lowest BCUT2D eigenvalue weighted by atomic mass is 10.1. The van der Waals surface area contributed by atoms with Gasteiger partial charge >= 0.3 is 0 Å². The molecular formula is C6H12S+2. The van der Waals surface area contributed by atoms with E-state index in [9.17, 15) is 0 Å². The van der Waals surface area contributed by atoms with Crippen molar-refractivity contribution in [3.63, 3.8) is 0 Å². The summed E-state index contributed by atoms with van der Waals surface area (Å²) in [6.07, 6.45) is 2.08. The summed E-state index contributed by atoms with van der Waals surface area (Å²) < 4.78 is 0. The van der Waals surface area contributed by atoms with Gasteiger partial charge in [-0.25, -0.2) is 0 Å². The van der Waals surface area contributed by atoms with E-state index in [0.717, 1.165) is 18.6 Å². The van der Waals surface area contributed by atoms with E-state index in [-0.39, 0.29) is 0 Å². The average Bonchev–Trinajstić information content (AvgIpc) is 1.72. The van der Waals surface area contributed by atoms with Crippen LogP contribution in [0.25, 0.3) is 0 Å². The van der Waals surface area contributed by atoms with Crippen LogP contribution in [0.15, 0.2) is 0 Å². The lowest BCUT2D eigenvalue weighted by Gasteiger charge is -1.88. The highest BCUT2D eigenvalue weighted by atomic mass is 32.1. The Hall–Kier alpha value is 0.0900. The zero-order chi connectivity index (χ0) is 5.70. The summed E-state index contributed by atoms with van der Waals surface area (Å²) in [5.41, 5.74) is 0. The first-order valence-electron chi connectivity index (χ1n) is 2.58. The van der Waals surface area contributed by atoms with Crippen molar-refractivity contribution in [3.8, 4) is 0 Å². The summed E-state index contributed by atoms with van der Waals surface area (Å²) in [6, 6.07) is 0. The smallest absolute Gasteiger partial charge is 0.131 e. The Labute approximate surface area is 51.7 Å². The highest BCUT2D eigenvalue weighted by Gasteiger charge is 2.13. The molecule has 0 aliphatic rings. The summed E-state index contributed by atoms with van der Waals surface area (Å²) >= 11 is 4.10. The van der Waals surface area contributed by atoms with Gasteiger partial charge in [0.05, 0.1) is 6.42 Å². The van der Waals surface area contributed by atoms with Gasteiger partial charge in [0, 0.05) is 0 Å². The van der Waals surface area contributed by atoms with Gasteiger partial charge in [-0.05, 0) is 6.92 Å². The largest absolute Gasteiger partial charge is 0.218 e. The van der Waals surface area contributed by atoms with Gasteiger partial charge in [0.2, 0.25) is 6.42 Å². The van der Waals surface area contributed by atoms with Crippen LogP contribution in [0.4, 0.5) is 0 Å². The zero-order valence-corrected chi connectivity index (χ0v) is 5.67. The zero-order valence-electron chi connectivity index (χ0n) is 4.78. The van der Waals surface area contributed by atoms with Crippen molar-refractivity contribution in [2.75, 3.05) is 5.75 Å². The first-order valence-corrected chi connectivity index (χ1v) is 3.22. The third-order valence-corrected chi connectivity index (χ3v) is 1.52. The SMILES string of the molecule is [CH2+]C[C+](CC)CS. The van der Waals surface area contributed by atoms with Crippen LogP contribution in [0.1, 0.15) is 19.8 Å². The van der Waals surface area contributed by atoms with Crippen molar-refractivity contribution in [2.24, 2.45) is 0 Å². The Kier molecular flexibility index (Phi) is 4.31. The molecule has 0 heterocycles. The van der Waals surface area contributed by atoms with Crippen molar-refractivity contribution >= 4 is 12.6 Å². The summed E-state index contributed by atoms with van der Waals surface area (Å²) in [5, 5.41) is 0. The minimum Gasteiger partial charge on any atom is -0.131 e. The predicted octanol–water partition coefficient (Wildman–Crippen LogP) is 2.12. The lowest BCUT2D eigenvalue weighted by molar-refractivity contribution is 0.868. The average molecular weight is 116 g/mol. The maximum atomic E-state index is 4.10. The van der Waals surface area contributed by atoms with E-state index in [4.69, 9.17) is 0 Å². The Bertz CT molecular complexity index is 25.7. The monoisotopic (exact) mass is 116 g/mol. The van der Waals surface area contributed by atoms with Crippen LogP contribution in [-0.4, -0.2) is 5.75 Å². The predicted molar refractivity (Wildman–Crippen MR) is 37.4 cm³/mol. The van der Waals surface area contributed by atoms with Crippen LogP contribution in [0.2, 0.25) is 0 Å². The molecule has 0 saturated heterocycles. The fourth-order valence-electron chi connectivity index (χ4n) is 0.368. The maximum Gasteiger partial charge on any atom is 0.218 e. The fraction of sp³-hybridized carbons (Fsp3) is 0.667. The number of thiol groups is 1. The summed E-state index contributed by atoms with van der Waals surface area (Å²) in [6.45, 7) is 5.88. The molecule has 40 valence electrons. The maximum absolute atomic E-state index is 4.10. The molecule has 0 spiro atoms. The van der Waals surface area contributed by atoms with Crippen molar-refractivity contribution in [2.45, 2.75) is 19.8 Å². The summed E-state index contributed by atoms with van der Waals surface area (Å²) in [7, 11) is 0. The van der Waals surface area contributed by atoms with Crippen LogP contribution >= 0.6 is 12.6 Å². The van der Waals surface area contributed by atoms with Crippen LogP contribution in [0.5, 0.6) is 0 Å². The second-order valence-electron chi connectivity index (χ2n) is 1.51. The molecule has 0 amide bonds. The van der Waals surface area contributed by atoms with Crippen molar-refractivity contribution in [1.29, 1.82) is 0 Å². The van der Waals surface area contributed by atoms with Gasteiger partial charge in [-0.15, -0.1) is 12.6 Å². The molecule has 0 saturated carbocycles. The second-order valence-corrected chi connectivity index (χ2v) is 1.83. The van der Waals surface area contributed by atoms with Crippen LogP contribution in [-0.2, 0) is 0 Å². The van der Waals surface area contributed by atoms with Crippen LogP contribution in [0, 0.1) is 12.8 Å². The van der Waals surface area contributed by atoms with Gasteiger partial charge in [-0.1, -0.05) is 0 Å². The minimum absolute atomic E-state index is 0.903. The van der Waals surface area contributed by atoms with Gasteiger partial charge in [0.1, 0.15) is 18.6 Å². The molecule has 0 radical (unpaired) electrons. The van der Waals surface area contributed by atoms with Crippen molar-refractivity contribution in [3.05, 3.63) is 12.8 Å². The quantitative estimate of drug-likeness (QED) is 0.424. The van der Waals surface area contributed by atoms with E-state index in [1.54, 1.807) is 0 Å². The number of rotatable bonds is 3. The van der Waals surface area contributed by atoms with Gasteiger partial charge in [0.15, 0.2) is 0 Å². The molecule has 7 heavy (non-hydrogen) atoms. The Morgan fingerprint density at radius 1 is 1.71 bits per heavy atom. The van der Waals surface area contributed by atoms with E-state index < -0.39 is 0 Å². The number of hydrogen-bond acceptors (Lipinski definition) is 1. The van der Waals surface area contributed by atoms with Gasteiger partial charge < -0.3 is 0 Å². The van der Waals surface area contributed by atoms with E-state index in [0.29, 0.717) is 0 Å². The number of hydrogen-bond donors (Lipinski definition) is 1. The van der Waals surface area contributed by atoms with Crippen LogP contribution in [0.3, 0.4) is 0 Å². The lowest BCUT2D eigenvalue weighted by Crippen LogP contribution is -1.93. The molecule has 0 fully saturated rings. The van der Waals surface area contributed by atoms with E-state index in [1.807, 2.05) is 0 Å². The topological polar surface area (TPSA) is 0 Å². The molecule has 0 aromatic heterocycles. The molecule has 0 aliphatic heterocycles. The van der Waals surface area contributed by atoms with Gasteiger partial charge in [-0.2, -0.15) is 0 Å². The third-order valence-electron chi connectivity index (χ3n) is 1.08. The molecule has 0 aliphatic carbocycles. The molecule has 0 bridgehead atoms. The highest BCUT2D eigenvalue weighted by molar-refractivity contribution is 7.80. The van der Waals surface area contributed by atoms with E-state index >= 15 is 0 Å². The first-order chi connectivity index (χ1) is 3.35. The van der Waals surface area contributed by atoms with Crippen LogP contribution < -0.4 is 0 Å². The molecule has 0 N–H and O–H groups in total. The van der Waals surface area contributed by atoms with Gasteiger partial charge in [0.25, 0.3) is 0 Å². The molecule has 0 rings (SSSR count). The normalized spacial score (nSPS) is 8.86. The summed E-state index contributed by atoms with van der Waals surface area (Å²) in [5.74, 6) is 2.34. The Balaban J connectivity index is 2.99. The molecular weight excluding hydrogens is 104 g/mol. The Morgan fingerprint density at radius 2 is 2.29 bits per heavy atom. The molecule has 0 unspecified atom stereocenters. The minimum atomic E-state index is 0.903. The second kappa shape index (κ2) is 4.25.